The van der Waals surface area contributed by atoms with E-state index in [1.807, 2.05) is 30.1 Å². The van der Waals surface area contributed by atoms with E-state index in [0.717, 1.165) is 45.0 Å². The molecule has 154 valence electrons. The summed E-state index contributed by atoms with van der Waals surface area (Å²) >= 11 is 1.81. The molecule has 6 nitrogen and oxygen atoms in total. The Labute approximate surface area is 175 Å². The molecule has 0 aliphatic carbocycles. The number of thiophene rings is 1. The second-order valence-corrected chi connectivity index (χ2v) is 8.88. The Morgan fingerprint density at radius 2 is 2.00 bits per heavy atom. The second-order valence-electron chi connectivity index (χ2n) is 7.97. The van der Waals surface area contributed by atoms with Crippen LogP contribution >= 0.6 is 11.3 Å². The molecule has 0 saturated carbocycles. The number of aryl methyl sites for hydroxylation is 1. The van der Waals surface area contributed by atoms with Gasteiger partial charge in [-0.25, -0.2) is 0 Å². The topological polar surface area (TPSA) is 62.5 Å². The molecule has 1 aliphatic heterocycles. The van der Waals surface area contributed by atoms with Crippen molar-refractivity contribution in [3.63, 3.8) is 0 Å². The van der Waals surface area contributed by atoms with E-state index in [9.17, 15) is 4.79 Å². The maximum absolute atomic E-state index is 12.5. The number of benzene rings is 1. The standard InChI is InChI=1S/C22H28N4O2S/c1-16(2)22-23-20(28-24-22)8-5-9-21(27)26-12-10-25(11-13-26)14-17-15-29-19-7-4-3-6-18(17)19/h3-4,6-7,15-16H,5,8-14H2,1-2H3. The van der Waals surface area contributed by atoms with Crippen molar-refractivity contribution in [2.45, 2.75) is 45.6 Å². The predicted molar refractivity (Wildman–Crippen MR) is 115 cm³/mol. The van der Waals surface area contributed by atoms with Crippen molar-refractivity contribution in [1.82, 2.24) is 19.9 Å². The van der Waals surface area contributed by atoms with E-state index in [1.54, 1.807) is 0 Å². The number of hydrogen-bond donors (Lipinski definition) is 0. The van der Waals surface area contributed by atoms with Crippen LogP contribution < -0.4 is 0 Å². The molecule has 2 aromatic heterocycles. The van der Waals surface area contributed by atoms with Crippen molar-refractivity contribution in [2.24, 2.45) is 0 Å². The number of carbonyl (C=O) groups is 1. The molecule has 0 bridgehead atoms. The van der Waals surface area contributed by atoms with Crippen LogP contribution in [0.3, 0.4) is 0 Å². The molecule has 1 aliphatic rings. The number of rotatable bonds is 7. The van der Waals surface area contributed by atoms with Crippen molar-refractivity contribution in [3.8, 4) is 0 Å². The zero-order chi connectivity index (χ0) is 20.2. The van der Waals surface area contributed by atoms with Gasteiger partial charge in [-0.1, -0.05) is 37.2 Å². The number of hydrogen-bond acceptors (Lipinski definition) is 6. The Balaban J connectivity index is 1.21. The summed E-state index contributed by atoms with van der Waals surface area (Å²) in [6, 6.07) is 8.58. The molecule has 1 amide bonds. The smallest absolute Gasteiger partial charge is 0.226 e. The van der Waals surface area contributed by atoms with Gasteiger partial charge in [0.05, 0.1) is 0 Å². The Hall–Kier alpha value is -2.25. The number of carbonyl (C=O) groups excluding carboxylic acids is 1. The molecule has 1 saturated heterocycles. The van der Waals surface area contributed by atoms with Gasteiger partial charge < -0.3 is 9.42 Å². The summed E-state index contributed by atoms with van der Waals surface area (Å²) in [5, 5.41) is 7.60. The van der Waals surface area contributed by atoms with Crippen LogP contribution in [-0.2, 0) is 17.8 Å². The van der Waals surface area contributed by atoms with E-state index >= 15 is 0 Å². The highest BCUT2D eigenvalue weighted by Crippen LogP contribution is 2.27. The molecule has 0 N–H and O–H groups in total. The van der Waals surface area contributed by atoms with Crippen LogP contribution in [0, 0.1) is 0 Å². The number of nitrogens with zero attached hydrogens (tertiary/aromatic N) is 4. The highest BCUT2D eigenvalue weighted by Gasteiger charge is 2.21. The Morgan fingerprint density at radius 1 is 1.21 bits per heavy atom. The van der Waals surface area contributed by atoms with Crippen LogP contribution in [0.15, 0.2) is 34.2 Å². The van der Waals surface area contributed by atoms with Gasteiger partial charge in [-0.15, -0.1) is 11.3 Å². The maximum atomic E-state index is 12.5. The van der Waals surface area contributed by atoms with E-state index in [2.05, 4.69) is 44.7 Å². The van der Waals surface area contributed by atoms with Gasteiger partial charge in [0.15, 0.2) is 5.82 Å². The minimum atomic E-state index is 0.231. The fourth-order valence-electron chi connectivity index (χ4n) is 3.70. The number of amides is 1. The van der Waals surface area contributed by atoms with Gasteiger partial charge in [-0.2, -0.15) is 4.98 Å². The number of aromatic nitrogens is 2. The van der Waals surface area contributed by atoms with Crippen LogP contribution in [0.2, 0.25) is 0 Å². The van der Waals surface area contributed by atoms with E-state index < -0.39 is 0 Å². The van der Waals surface area contributed by atoms with Crippen molar-refractivity contribution in [1.29, 1.82) is 0 Å². The van der Waals surface area contributed by atoms with E-state index in [4.69, 9.17) is 4.52 Å². The van der Waals surface area contributed by atoms with Crippen molar-refractivity contribution in [3.05, 3.63) is 46.9 Å². The summed E-state index contributed by atoms with van der Waals surface area (Å²) in [5.74, 6) is 1.86. The molecule has 29 heavy (non-hydrogen) atoms. The summed E-state index contributed by atoms with van der Waals surface area (Å²) in [4.78, 5) is 21.4. The molecule has 7 heteroatoms. The summed E-state index contributed by atoms with van der Waals surface area (Å²) in [6.07, 6.45) is 1.95. The fraction of sp³-hybridized carbons (Fsp3) is 0.500. The minimum absolute atomic E-state index is 0.231. The third kappa shape index (κ3) is 4.85. The van der Waals surface area contributed by atoms with Gasteiger partial charge in [0.2, 0.25) is 11.8 Å². The normalized spacial score (nSPS) is 15.5. The van der Waals surface area contributed by atoms with Crippen LogP contribution in [0.5, 0.6) is 0 Å². The van der Waals surface area contributed by atoms with E-state index in [1.165, 1.54) is 15.6 Å². The third-order valence-electron chi connectivity index (χ3n) is 5.46. The molecule has 0 atom stereocenters. The first-order valence-electron chi connectivity index (χ1n) is 10.4. The first-order chi connectivity index (χ1) is 14.1. The van der Waals surface area contributed by atoms with Crippen LogP contribution in [0.25, 0.3) is 10.1 Å². The SMILES string of the molecule is CC(C)c1noc(CCCC(=O)N2CCN(Cc3csc4ccccc34)CC2)n1. The van der Waals surface area contributed by atoms with Crippen LogP contribution in [0.4, 0.5) is 0 Å². The average molecular weight is 413 g/mol. The molecule has 3 aromatic rings. The first kappa shape index (κ1) is 20.0. The van der Waals surface area contributed by atoms with Crippen molar-refractivity contribution in [2.75, 3.05) is 26.2 Å². The zero-order valence-corrected chi connectivity index (χ0v) is 18.0. The number of piperazine rings is 1. The Kier molecular flexibility index (Phi) is 6.25. The molecular formula is C22H28N4O2S. The summed E-state index contributed by atoms with van der Waals surface area (Å²) in [7, 11) is 0. The van der Waals surface area contributed by atoms with Crippen LogP contribution in [0.1, 0.15) is 49.9 Å². The van der Waals surface area contributed by atoms with Gasteiger partial charge in [-0.05, 0) is 28.8 Å². The predicted octanol–water partition coefficient (Wildman–Crippen LogP) is 4.07. The third-order valence-corrected chi connectivity index (χ3v) is 6.47. The highest BCUT2D eigenvalue weighted by atomic mass is 32.1. The zero-order valence-electron chi connectivity index (χ0n) is 17.1. The monoisotopic (exact) mass is 412 g/mol. The van der Waals surface area contributed by atoms with Crippen molar-refractivity contribution < 1.29 is 9.32 Å². The lowest BCUT2D eigenvalue weighted by Gasteiger charge is -2.34. The molecule has 4 rings (SSSR count). The summed E-state index contributed by atoms with van der Waals surface area (Å²) in [6.45, 7) is 8.51. The number of fused-ring (bicyclic) bond motifs is 1. The quantitative estimate of drug-likeness (QED) is 0.585. The van der Waals surface area contributed by atoms with Gasteiger partial charge in [-0.3, -0.25) is 9.69 Å². The lowest BCUT2D eigenvalue weighted by molar-refractivity contribution is -0.133. The largest absolute Gasteiger partial charge is 0.340 e. The second kappa shape index (κ2) is 9.05. The molecule has 1 aromatic carbocycles. The van der Waals surface area contributed by atoms with Crippen LogP contribution in [-0.4, -0.2) is 52.0 Å². The molecule has 3 heterocycles. The Bertz CT molecular complexity index is 957. The molecular weight excluding hydrogens is 384 g/mol. The molecule has 1 fully saturated rings. The molecule has 0 radical (unpaired) electrons. The highest BCUT2D eigenvalue weighted by molar-refractivity contribution is 7.17. The fourth-order valence-corrected chi connectivity index (χ4v) is 4.66. The lowest BCUT2D eigenvalue weighted by atomic mass is 10.1. The van der Waals surface area contributed by atoms with Crippen molar-refractivity contribution >= 4 is 27.3 Å². The molecule has 0 spiro atoms. The first-order valence-corrected chi connectivity index (χ1v) is 11.3. The summed E-state index contributed by atoms with van der Waals surface area (Å²) in [5.41, 5.74) is 1.39. The van der Waals surface area contributed by atoms with Gasteiger partial charge in [0.25, 0.3) is 0 Å². The summed E-state index contributed by atoms with van der Waals surface area (Å²) < 4.78 is 6.60. The van der Waals surface area contributed by atoms with E-state index in [-0.39, 0.29) is 11.8 Å². The van der Waals surface area contributed by atoms with Gasteiger partial charge in [0.1, 0.15) is 0 Å². The van der Waals surface area contributed by atoms with Gasteiger partial charge in [0, 0.05) is 56.2 Å². The maximum Gasteiger partial charge on any atom is 0.226 e. The minimum Gasteiger partial charge on any atom is -0.340 e. The lowest BCUT2D eigenvalue weighted by Crippen LogP contribution is -2.48. The molecule has 0 unspecified atom stereocenters. The van der Waals surface area contributed by atoms with E-state index in [0.29, 0.717) is 18.7 Å². The average Bonchev–Trinajstić information content (AvgIpc) is 3.36. The Morgan fingerprint density at radius 3 is 2.76 bits per heavy atom. The van der Waals surface area contributed by atoms with Gasteiger partial charge >= 0.3 is 0 Å².